The van der Waals surface area contributed by atoms with E-state index in [9.17, 15) is 0 Å². The van der Waals surface area contributed by atoms with E-state index < -0.39 is 0 Å². The molecule has 22 heavy (non-hydrogen) atoms. The fraction of sp³-hybridized carbons (Fsp3) is 0.647. The van der Waals surface area contributed by atoms with Gasteiger partial charge in [0, 0.05) is 12.6 Å². The van der Waals surface area contributed by atoms with Gasteiger partial charge >= 0.3 is 0 Å². The summed E-state index contributed by atoms with van der Waals surface area (Å²) in [5, 5.41) is 0.663. The molecular weight excluding hydrogens is 300 g/mol. The Balaban J connectivity index is 2.57. The molecule has 5 heteroatoms. The van der Waals surface area contributed by atoms with E-state index in [0.29, 0.717) is 34.4 Å². The average molecular weight is 327 g/mol. The van der Waals surface area contributed by atoms with E-state index in [-0.39, 0.29) is 0 Å². The number of hydrogen-bond donors (Lipinski definition) is 1. The van der Waals surface area contributed by atoms with Gasteiger partial charge in [0.2, 0.25) is 0 Å². The summed E-state index contributed by atoms with van der Waals surface area (Å²) in [6, 6.07) is 2.41. The minimum atomic E-state index is 0.313. The summed E-state index contributed by atoms with van der Waals surface area (Å²) in [6.07, 6.45) is 1.05. The van der Waals surface area contributed by atoms with Crippen molar-refractivity contribution >= 4 is 11.6 Å². The lowest BCUT2D eigenvalue weighted by atomic mass is 9.89. The zero-order chi connectivity index (χ0) is 16.4. The highest BCUT2D eigenvalue weighted by Crippen LogP contribution is 2.47. The number of methoxy groups -OCH3 is 2. The highest BCUT2D eigenvalue weighted by atomic mass is 35.5. The van der Waals surface area contributed by atoms with E-state index in [0.717, 1.165) is 25.1 Å². The monoisotopic (exact) mass is 326 g/mol. The molecule has 0 aromatic heterocycles. The van der Waals surface area contributed by atoms with Crippen molar-refractivity contribution < 1.29 is 9.47 Å². The van der Waals surface area contributed by atoms with E-state index >= 15 is 0 Å². The van der Waals surface area contributed by atoms with E-state index in [1.807, 2.05) is 0 Å². The molecule has 124 valence electrons. The third kappa shape index (κ3) is 3.05. The first-order valence-electron chi connectivity index (χ1n) is 7.79. The van der Waals surface area contributed by atoms with Crippen molar-refractivity contribution in [1.82, 2.24) is 4.90 Å². The fourth-order valence-electron chi connectivity index (χ4n) is 3.49. The summed E-state index contributed by atoms with van der Waals surface area (Å²) < 4.78 is 10.9. The predicted molar refractivity (Wildman–Crippen MR) is 91.2 cm³/mol. The topological polar surface area (TPSA) is 47.7 Å². The van der Waals surface area contributed by atoms with Crippen LogP contribution in [0.25, 0.3) is 0 Å². The Morgan fingerprint density at radius 2 is 2.05 bits per heavy atom. The maximum absolute atomic E-state index is 6.64. The molecule has 0 spiro atoms. The molecule has 0 amide bonds. The standard InChI is InChI=1S/C17H27ClN2O2/c1-10(2)15-12(13-6-11(8-19)9-20(13)3)7-14(21-4)17(22-5)16(15)18/h7,10-11,13H,6,8-9,19H2,1-5H3. The summed E-state index contributed by atoms with van der Waals surface area (Å²) in [7, 11) is 5.42. The third-order valence-corrected chi connectivity index (χ3v) is 4.96. The van der Waals surface area contributed by atoms with Crippen molar-refractivity contribution in [2.24, 2.45) is 11.7 Å². The lowest BCUT2D eigenvalue weighted by molar-refractivity contribution is 0.308. The van der Waals surface area contributed by atoms with Gasteiger partial charge in [-0.25, -0.2) is 0 Å². The normalized spacial score (nSPS) is 22.4. The number of nitrogens with zero attached hydrogens (tertiary/aromatic N) is 1. The predicted octanol–water partition coefficient (Wildman–Crippen LogP) is 3.43. The molecule has 2 atom stereocenters. The maximum Gasteiger partial charge on any atom is 0.179 e. The molecule has 1 aliphatic rings. The van der Waals surface area contributed by atoms with Crippen LogP contribution in [0.15, 0.2) is 6.07 Å². The van der Waals surface area contributed by atoms with Crippen LogP contribution in [-0.2, 0) is 0 Å². The first-order chi connectivity index (χ1) is 10.4. The second-order valence-electron chi connectivity index (χ2n) is 6.38. The Morgan fingerprint density at radius 3 is 2.50 bits per heavy atom. The number of likely N-dealkylation sites (tertiary alicyclic amines) is 1. The maximum atomic E-state index is 6.64. The molecule has 1 saturated heterocycles. The molecule has 1 aromatic carbocycles. The van der Waals surface area contributed by atoms with Gasteiger partial charge in [-0.15, -0.1) is 0 Å². The Morgan fingerprint density at radius 1 is 1.36 bits per heavy atom. The number of hydrogen-bond acceptors (Lipinski definition) is 4. The van der Waals surface area contributed by atoms with E-state index in [1.165, 1.54) is 5.56 Å². The minimum Gasteiger partial charge on any atom is -0.493 e. The summed E-state index contributed by atoms with van der Waals surface area (Å²) in [4.78, 5) is 2.36. The van der Waals surface area contributed by atoms with Gasteiger partial charge in [-0.05, 0) is 49.0 Å². The van der Waals surface area contributed by atoms with Gasteiger partial charge < -0.3 is 15.2 Å². The molecule has 0 bridgehead atoms. The lowest BCUT2D eigenvalue weighted by Crippen LogP contribution is -2.21. The van der Waals surface area contributed by atoms with Crippen molar-refractivity contribution in [3.8, 4) is 11.5 Å². The van der Waals surface area contributed by atoms with Gasteiger partial charge in [-0.1, -0.05) is 25.4 Å². The van der Waals surface area contributed by atoms with E-state index in [4.69, 9.17) is 26.8 Å². The third-order valence-electron chi connectivity index (χ3n) is 4.59. The Hall–Kier alpha value is -0.970. The van der Waals surface area contributed by atoms with Gasteiger partial charge in [0.25, 0.3) is 0 Å². The van der Waals surface area contributed by atoms with E-state index in [1.54, 1.807) is 14.2 Å². The molecular formula is C17H27ClN2O2. The van der Waals surface area contributed by atoms with Gasteiger partial charge in [0.05, 0.1) is 19.2 Å². The zero-order valence-corrected chi connectivity index (χ0v) is 14.9. The molecule has 0 radical (unpaired) electrons. The molecule has 1 aromatic rings. The number of benzene rings is 1. The Kier molecular flexibility index (Phi) is 5.59. The van der Waals surface area contributed by atoms with Crippen molar-refractivity contribution in [1.29, 1.82) is 0 Å². The first-order valence-corrected chi connectivity index (χ1v) is 8.16. The van der Waals surface area contributed by atoms with Gasteiger partial charge in [0.1, 0.15) is 0 Å². The van der Waals surface area contributed by atoms with Crippen LogP contribution in [0.1, 0.15) is 43.4 Å². The second kappa shape index (κ2) is 7.07. The van der Waals surface area contributed by atoms with Crippen molar-refractivity contribution in [2.75, 3.05) is 34.4 Å². The smallest absolute Gasteiger partial charge is 0.179 e. The number of ether oxygens (including phenoxy) is 2. The number of nitrogens with two attached hydrogens (primary N) is 1. The van der Waals surface area contributed by atoms with Crippen molar-refractivity contribution in [3.05, 3.63) is 22.2 Å². The molecule has 1 heterocycles. The van der Waals surface area contributed by atoms with Gasteiger partial charge in [-0.3, -0.25) is 4.90 Å². The quantitative estimate of drug-likeness (QED) is 0.900. The molecule has 2 rings (SSSR count). The van der Waals surface area contributed by atoms with Gasteiger partial charge in [0.15, 0.2) is 11.5 Å². The SMILES string of the molecule is COc1cc(C2CC(CN)CN2C)c(C(C)C)c(Cl)c1OC. The largest absolute Gasteiger partial charge is 0.493 e. The Bertz CT molecular complexity index is 534. The van der Waals surface area contributed by atoms with E-state index in [2.05, 4.69) is 31.9 Å². The van der Waals surface area contributed by atoms with Crippen LogP contribution in [-0.4, -0.2) is 39.3 Å². The van der Waals surface area contributed by atoms with Crippen LogP contribution in [0, 0.1) is 5.92 Å². The molecule has 2 unspecified atom stereocenters. The Labute approximate surface area is 138 Å². The summed E-state index contributed by atoms with van der Waals surface area (Å²) in [6.45, 7) is 6.06. The average Bonchev–Trinajstić information content (AvgIpc) is 2.86. The number of rotatable bonds is 5. The van der Waals surface area contributed by atoms with Crippen LogP contribution >= 0.6 is 11.6 Å². The second-order valence-corrected chi connectivity index (χ2v) is 6.75. The molecule has 1 fully saturated rings. The highest BCUT2D eigenvalue weighted by Gasteiger charge is 2.33. The molecule has 1 aliphatic heterocycles. The van der Waals surface area contributed by atoms with Crippen molar-refractivity contribution in [3.63, 3.8) is 0 Å². The van der Waals surface area contributed by atoms with Crippen molar-refractivity contribution in [2.45, 2.75) is 32.2 Å². The van der Waals surface area contributed by atoms with Crippen LogP contribution in [0.2, 0.25) is 5.02 Å². The first kappa shape index (κ1) is 17.4. The summed E-state index contributed by atoms with van der Waals surface area (Å²) >= 11 is 6.64. The summed E-state index contributed by atoms with van der Waals surface area (Å²) in [5.41, 5.74) is 8.25. The van der Waals surface area contributed by atoms with Crippen LogP contribution in [0.4, 0.5) is 0 Å². The van der Waals surface area contributed by atoms with Crippen LogP contribution < -0.4 is 15.2 Å². The lowest BCUT2D eigenvalue weighted by Gasteiger charge is -2.27. The van der Waals surface area contributed by atoms with Crippen LogP contribution in [0.5, 0.6) is 11.5 Å². The minimum absolute atomic E-state index is 0.313. The summed E-state index contributed by atoms with van der Waals surface area (Å²) in [5.74, 6) is 2.15. The molecule has 2 N–H and O–H groups in total. The van der Waals surface area contributed by atoms with Gasteiger partial charge in [-0.2, -0.15) is 0 Å². The highest BCUT2D eigenvalue weighted by molar-refractivity contribution is 6.33. The molecule has 0 saturated carbocycles. The molecule has 4 nitrogen and oxygen atoms in total. The zero-order valence-electron chi connectivity index (χ0n) is 14.1. The molecule has 0 aliphatic carbocycles. The fourth-order valence-corrected chi connectivity index (χ4v) is 3.98. The van der Waals surface area contributed by atoms with Crippen LogP contribution in [0.3, 0.4) is 0 Å². The number of halogens is 1.